The highest BCUT2D eigenvalue weighted by atomic mass is 32.2. The lowest BCUT2D eigenvalue weighted by atomic mass is 10.3. The molecule has 0 bridgehead atoms. The summed E-state index contributed by atoms with van der Waals surface area (Å²) in [7, 11) is -3.60. The number of carbonyl (C=O) groups is 1. The monoisotopic (exact) mass is 362 g/mol. The molecule has 25 heavy (non-hydrogen) atoms. The van der Waals surface area contributed by atoms with Gasteiger partial charge >= 0.3 is 0 Å². The number of nitrogens with one attached hydrogen (secondary N) is 1. The number of benzene rings is 1. The molecule has 1 aromatic carbocycles. The maximum Gasteiger partial charge on any atom is 0.243 e. The lowest BCUT2D eigenvalue weighted by molar-refractivity contribution is -0.114. The van der Waals surface area contributed by atoms with Gasteiger partial charge in [0.25, 0.3) is 0 Å². The Labute approximate surface area is 145 Å². The summed E-state index contributed by atoms with van der Waals surface area (Å²) >= 11 is 0. The molecule has 0 unspecified atom stereocenters. The van der Waals surface area contributed by atoms with Crippen molar-refractivity contribution in [1.82, 2.24) is 14.3 Å². The van der Waals surface area contributed by atoms with Crippen molar-refractivity contribution < 1.29 is 17.9 Å². The number of hydrogen-bond acceptors (Lipinski definition) is 6. The van der Waals surface area contributed by atoms with Crippen LogP contribution in [0.5, 0.6) is 5.88 Å². The maximum atomic E-state index is 12.7. The van der Waals surface area contributed by atoms with Crippen molar-refractivity contribution in [2.75, 3.05) is 18.4 Å². The summed E-state index contributed by atoms with van der Waals surface area (Å²) in [5.74, 6) is 0.221. The first-order chi connectivity index (χ1) is 11.9. The Morgan fingerprint density at radius 2 is 2.04 bits per heavy atom. The van der Waals surface area contributed by atoms with Crippen LogP contribution in [0.1, 0.15) is 13.3 Å². The van der Waals surface area contributed by atoms with Gasteiger partial charge in [-0.15, -0.1) is 0 Å². The fourth-order valence-corrected chi connectivity index (χ4v) is 4.08. The molecule has 1 saturated heterocycles. The summed E-state index contributed by atoms with van der Waals surface area (Å²) in [5.41, 5.74) is 0.554. The second-order valence-electron chi connectivity index (χ2n) is 5.64. The largest absolute Gasteiger partial charge is 0.473 e. The molecule has 2 aromatic rings. The van der Waals surface area contributed by atoms with E-state index in [1.54, 1.807) is 24.4 Å². The van der Waals surface area contributed by atoms with Crippen LogP contribution in [0.3, 0.4) is 0 Å². The Kier molecular flexibility index (Phi) is 4.95. The quantitative estimate of drug-likeness (QED) is 0.860. The van der Waals surface area contributed by atoms with Crippen LogP contribution in [0.2, 0.25) is 0 Å². The molecule has 0 saturated carbocycles. The van der Waals surface area contributed by atoms with E-state index in [1.165, 1.54) is 29.7 Å². The number of hydrogen-bond donors (Lipinski definition) is 1. The lowest BCUT2D eigenvalue weighted by Gasteiger charge is -2.17. The van der Waals surface area contributed by atoms with E-state index in [1.807, 2.05) is 0 Å². The Balaban J connectivity index is 1.67. The van der Waals surface area contributed by atoms with Crippen LogP contribution >= 0.6 is 0 Å². The second-order valence-corrected chi connectivity index (χ2v) is 7.58. The summed E-state index contributed by atoms with van der Waals surface area (Å²) in [6.45, 7) is 2.04. The van der Waals surface area contributed by atoms with Gasteiger partial charge in [-0.25, -0.2) is 18.4 Å². The van der Waals surface area contributed by atoms with E-state index in [4.69, 9.17) is 4.74 Å². The topological polar surface area (TPSA) is 101 Å². The first kappa shape index (κ1) is 17.3. The highest BCUT2D eigenvalue weighted by Crippen LogP contribution is 2.24. The standard InChI is InChI=1S/C16H18N4O4S/c1-12(21)19-13-2-4-15(5-3-13)25(22,23)20-9-7-14(10-20)24-16-6-8-17-11-18-16/h2-6,8,11,14H,7,9-10H2,1H3,(H,19,21)/t14-/m1/s1. The molecule has 1 atom stereocenters. The minimum atomic E-state index is -3.60. The maximum absolute atomic E-state index is 12.7. The molecule has 1 aliphatic rings. The summed E-state index contributed by atoms with van der Waals surface area (Å²) in [5, 5.41) is 2.61. The van der Waals surface area contributed by atoms with E-state index < -0.39 is 10.0 Å². The SMILES string of the molecule is CC(=O)Nc1ccc(S(=O)(=O)N2CC[C@@H](Oc3ccncn3)C2)cc1. The van der Waals surface area contributed by atoms with Gasteiger partial charge in [-0.2, -0.15) is 4.31 Å². The molecule has 9 heteroatoms. The van der Waals surface area contributed by atoms with Crippen LogP contribution in [0.15, 0.2) is 47.8 Å². The van der Waals surface area contributed by atoms with Crippen LogP contribution in [-0.2, 0) is 14.8 Å². The normalized spacial score (nSPS) is 18.0. The fourth-order valence-electron chi connectivity index (χ4n) is 2.59. The van der Waals surface area contributed by atoms with E-state index in [-0.39, 0.29) is 23.5 Å². The van der Waals surface area contributed by atoms with Gasteiger partial charge < -0.3 is 10.1 Å². The van der Waals surface area contributed by atoms with Crippen molar-refractivity contribution >= 4 is 21.6 Å². The number of rotatable bonds is 5. The minimum absolute atomic E-state index is 0.185. The smallest absolute Gasteiger partial charge is 0.243 e. The molecule has 8 nitrogen and oxygen atoms in total. The zero-order chi connectivity index (χ0) is 17.9. The van der Waals surface area contributed by atoms with Crippen LogP contribution in [0, 0.1) is 0 Å². The number of ether oxygens (including phenoxy) is 1. The molecule has 1 fully saturated rings. The van der Waals surface area contributed by atoms with Gasteiger partial charge in [0.2, 0.25) is 21.8 Å². The Morgan fingerprint density at radius 1 is 1.28 bits per heavy atom. The van der Waals surface area contributed by atoms with Crippen molar-refractivity contribution in [3.63, 3.8) is 0 Å². The zero-order valence-electron chi connectivity index (χ0n) is 13.6. The summed E-state index contributed by atoms with van der Waals surface area (Å²) < 4.78 is 32.5. The third kappa shape index (κ3) is 4.12. The van der Waals surface area contributed by atoms with Gasteiger partial charge in [-0.1, -0.05) is 0 Å². The molecule has 0 aliphatic carbocycles. The van der Waals surface area contributed by atoms with Crippen molar-refractivity contribution in [3.8, 4) is 5.88 Å². The van der Waals surface area contributed by atoms with E-state index in [2.05, 4.69) is 15.3 Å². The average Bonchev–Trinajstić information content (AvgIpc) is 3.05. The van der Waals surface area contributed by atoms with Gasteiger partial charge in [0.15, 0.2) is 0 Å². The average molecular weight is 362 g/mol. The number of aromatic nitrogens is 2. The van der Waals surface area contributed by atoms with Crippen molar-refractivity contribution in [3.05, 3.63) is 42.9 Å². The Hall–Kier alpha value is -2.52. The summed E-state index contributed by atoms with van der Waals surface area (Å²) in [6, 6.07) is 7.74. The summed E-state index contributed by atoms with van der Waals surface area (Å²) in [6.07, 6.45) is 3.30. The van der Waals surface area contributed by atoms with E-state index >= 15 is 0 Å². The number of nitrogens with zero attached hydrogens (tertiary/aromatic N) is 3. The molecule has 0 radical (unpaired) electrons. The molecule has 1 amide bonds. The molecular weight excluding hydrogens is 344 g/mol. The third-order valence-corrected chi connectivity index (χ3v) is 5.64. The fraction of sp³-hybridized carbons (Fsp3) is 0.312. The number of anilines is 1. The lowest BCUT2D eigenvalue weighted by Crippen LogP contribution is -2.31. The molecule has 2 heterocycles. The van der Waals surface area contributed by atoms with Crippen LogP contribution in [-0.4, -0.2) is 47.8 Å². The van der Waals surface area contributed by atoms with Crippen molar-refractivity contribution in [2.24, 2.45) is 0 Å². The third-order valence-electron chi connectivity index (χ3n) is 3.76. The zero-order valence-corrected chi connectivity index (χ0v) is 14.4. The number of carbonyl (C=O) groups excluding carboxylic acids is 1. The Bertz CT molecular complexity index is 840. The van der Waals surface area contributed by atoms with Gasteiger partial charge in [-0.3, -0.25) is 4.79 Å². The van der Waals surface area contributed by atoms with Gasteiger partial charge in [0.05, 0.1) is 11.4 Å². The molecular formula is C16H18N4O4S. The highest BCUT2D eigenvalue weighted by Gasteiger charge is 2.33. The van der Waals surface area contributed by atoms with Crippen LogP contribution in [0.25, 0.3) is 0 Å². The highest BCUT2D eigenvalue weighted by molar-refractivity contribution is 7.89. The molecule has 3 rings (SSSR count). The molecule has 1 N–H and O–H groups in total. The van der Waals surface area contributed by atoms with Gasteiger partial charge in [0.1, 0.15) is 12.4 Å². The van der Waals surface area contributed by atoms with E-state index in [0.717, 1.165) is 0 Å². The van der Waals surface area contributed by atoms with E-state index in [9.17, 15) is 13.2 Å². The number of sulfonamides is 1. The van der Waals surface area contributed by atoms with E-state index in [0.29, 0.717) is 24.5 Å². The van der Waals surface area contributed by atoms with Crippen LogP contribution < -0.4 is 10.1 Å². The molecule has 0 spiro atoms. The second kappa shape index (κ2) is 7.16. The van der Waals surface area contributed by atoms with Gasteiger partial charge in [-0.05, 0) is 30.7 Å². The van der Waals surface area contributed by atoms with Crippen molar-refractivity contribution in [1.29, 1.82) is 0 Å². The Morgan fingerprint density at radius 3 is 2.68 bits per heavy atom. The predicted octanol–water partition coefficient (Wildman–Crippen LogP) is 1.28. The molecule has 1 aromatic heterocycles. The number of amides is 1. The molecule has 1 aliphatic heterocycles. The van der Waals surface area contributed by atoms with Crippen LogP contribution in [0.4, 0.5) is 5.69 Å². The van der Waals surface area contributed by atoms with Crippen molar-refractivity contribution in [2.45, 2.75) is 24.3 Å². The predicted molar refractivity (Wildman–Crippen MR) is 90.6 cm³/mol. The summed E-state index contributed by atoms with van der Waals surface area (Å²) in [4.78, 5) is 19.0. The first-order valence-corrected chi connectivity index (χ1v) is 9.19. The van der Waals surface area contributed by atoms with Gasteiger partial charge in [0, 0.05) is 31.4 Å². The first-order valence-electron chi connectivity index (χ1n) is 7.75. The minimum Gasteiger partial charge on any atom is -0.473 e. The molecule has 132 valence electrons.